The van der Waals surface area contributed by atoms with Crippen LogP contribution >= 0.6 is 0 Å². The molecule has 0 aromatic rings. The summed E-state index contributed by atoms with van der Waals surface area (Å²) in [6, 6.07) is 0. The fraction of sp³-hybridized carbons (Fsp3) is 0.733. The maximum Gasteiger partial charge on any atom is 0.306 e. The minimum atomic E-state index is -1.53. The van der Waals surface area contributed by atoms with E-state index in [1.165, 1.54) is 13.0 Å². The Bertz CT molecular complexity index is 1160. The average Bonchev–Trinajstić information content (AvgIpc) is 3.03. The van der Waals surface area contributed by atoms with Crippen molar-refractivity contribution in [2.24, 2.45) is 39.4 Å². The van der Waals surface area contributed by atoms with E-state index >= 15 is 0 Å². The van der Waals surface area contributed by atoms with Crippen LogP contribution in [-0.2, 0) is 19.2 Å². The van der Waals surface area contributed by atoms with Gasteiger partial charge in [-0.2, -0.15) is 0 Å². The van der Waals surface area contributed by atoms with Crippen molar-refractivity contribution in [2.75, 3.05) is 0 Å². The van der Waals surface area contributed by atoms with Crippen LogP contribution in [0.3, 0.4) is 0 Å². The molecule has 0 aromatic carbocycles. The lowest BCUT2D eigenvalue weighted by atomic mass is 9.42. The Labute approximate surface area is 224 Å². The summed E-state index contributed by atoms with van der Waals surface area (Å²) in [4.78, 5) is 51.9. The second kappa shape index (κ2) is 8.93. The van der Waals surface area contributed by atoms with Gasteiger partial charge in [0.15, 0.2) is 11.6 Å². The highest BCUT2D eigenvalue weighted by Crippen LogP contribution is 2.70. The zero-order valence-corrected chi connectivity index (χ0v) is 23.5. The van der Waals surface area contributed by atoms with Crippen molar-refractivity contribution >= 4 is 23.3 Å². The Kier molecular flexibility index (Phi) is 6.78. The van der Waals surface area contributed by atoms with Gasteiger partial charge in [-0.05, 0) is 67.4 Å². The maximum atomic E-state index is 14.1. The van der Waals surface area contributed by atoms with Crippen molar-refractivity contribution in [2.45, 2.75) is 98.9 Å². The van der Waals surface area contributed by atoms with Crippen LogP contribution in [0.5, 0.6) is 0 Å². The predicted octanol–water partition coefficient (Wildman–Crippen LogP) is 3.02. The average molecular weight is 531 g/mol. The van der Waals surface area contributed by atoms with E-state index in [1.54, 1.807) is 20.8 Å². The van der Waals surface area contributed by atoms with E-state index in [9.17, 15) is 34.5 Å². The van der Waals surface area contributed by atoms with Gasteiger partial charge < -0.3 is 20.4 Å². The number of Topliss-reactive ketones (excluding diaryl/α,β-unsaturated/α-hetero) is 2. The molecular formula is C30H42O8. The quantitative estimate of drug-likeness (QED) is 0.396. The summed E-state index contributed by atoms with van der Waals surface area (Å²) >= 11 is 0. The Morgan fingerprint density at radius 3 is 2.26 bits per heavy atom. The van der Waals surface area contributed by atoms with Crippen molar-refractivity contribution in [3.05, 3.63) is 22.8 Å². The van der Waals surface area contributed by atoms with Gasteiger partial charge in [0.05, 0.1) is 23.5 Å². The maximum absolute atomic E-state index is 14.1. The van der Waals surface area contributed by atoms with E-state index in [2.05, 4.69) is 0 Å². The molecule has 0 amide bonds. The minimum Gasteiger partial charge on any atom is -0.481 e. The smallest absolute Gasteiger partial charge is 0.306 e. The van der Waals surface area contributed by atoms with Crippen LogP contribution in [0.4, 0.5) is 0 Å². The number of carboxylic acids is 1. The van der Waals surface area contributed by atoms with Crippen LogP contribution in [0, 0.1) is 39.4 Å². The van der Waals surface area contributed by atoms with Gasteiger partial charge in [0, 0.05) is 23.8 Å². The molecule has 9 atom stereocenters. The normalized spacial score (nSPS) is 43.3. The first-order valence-corrected chi connectivity index (χ1v) is 13.7. The summed E-state index contributed by atoms with van der Waals surface area (Å²) in [6.45, 7) is 12.4. The lowest BCUT2D eigenvalue weighted by Crippen LogP contribution is -2.64. The molecule has 2 fully saturated rings. The first-order valence-electron chi connectivity index (χ1n) is 13.7. The Morgan fingerprint density at radius 2 is 1.68 bits per heavy atom. The van der Waals surface area contributed by atoms with Gasteiger partial charge in [0.25, 0.3) is 0 Å². The number of aliphatic hydroxyl groups excluding tert-OH is 3. The molecule has 1 unspecified atom stereocenters. The molecule has 2 saturated carbocycles. The van der Waals surface area contributed by atoms with Crippen LogP contribution in [0.15, 0.2) is 22.8 Å². The third-order valence-corrected chi connectivity index (χ3v) is 11.3. The molecule has 4 rings (SSSR count). The molecule has 0 bridgehead atoms. The highest BCUT2D eigenvalue weighted by Gasteiger charge is 2.73. The number of ketones is 3. The van der Waals surface area contributed by atoms with Crippen molar-refractivity contribution < 1.29 is 39.6 Å². The zero-order valence-electron chi connectivity index (χ0n) is 23.5. The number of carbonyl (C=O) groups is 4. The Hall–Kier alpha value is -2.16. The van der Waals surface area contributed by atoms with E-state index in [0.29, 0.717) is 36.0 Å². The summed E-state index contributed by atoms with van der Waals surface area (Å²) < 4.78 is 0. The Balaban J connectivity index is 1.85. The number of aliphatic hydroxyl groups is 3. The van der Waals surface area contributed by atoms with E-state index in [-0.39, 0.29) is 24.5 Å². The highest BCUT2D eigenvalue weighted by atomic mass is 16.4. The summed E-state index contributed by atoms with van der Waals surface area (Å²) in [5, 5.41) is 43.2. The van der Waals surface area contributed by atoms with Gasteiger partial charge >= 0.3 is 5.97 Å². The van der Waals surface area contributed by atoms with Crippen LogP contribution in [0.25, 0.3) is 0 Å². The molecule has 8 nitrogen and oxygen atoms in total. The van der Waals surface area contributed by atoms with Crippen LogP contribution < -0.4 is 0 Å². The SMILES string of the molecule is C/C(=C/C(=O)CC(C)C(=O)O)[C@@H]1CC(=O)[C@]2(C)C3=C(C(=O)[C@H](O)[C@@]12C)[C@]1(C)CC[C@@H](O)C(C)(C)[C@H]1C[C@H]3O. The Morgan fingerprint density at radius 1 is 1.08 bits per heavy atom. The summed E-state index contributed by atoms with van der Waals surface area (Å²) in [7, 11) is 0. The molecule has 0 aliphatic heterocycles. The molecule has 0 aromatic heterocycles. The second-order valence-corrected chi connectivity index (χ2v) is 13.5. The fourth-order valence-electron chi connectivity index (χ4n) is 8.71. The molecule has 8 heteroatoms. The number of hydrogen-bond acceptors (Lipinski definition) is 7. The monoisotopic (exact) mass is 530 g/mol. The lowest BCUT2D eigenvalue weighted by Gasteiger charge is -2.62. The topological polar surface area (TPSA) is 149 Å². The largest absolute Gasteiger partial charge is 0.481 e. The molecular weight excluding hydrogens is 488 g/mol. The van der Waals surface area contributed by atoms with E-state index < -0.39 is 69.3 Å². The lowest BCUT2D eigenvalue weighted by molar-refractivity contribution is -0.156. The molecule has 38 heavy (non-hydrogen) atoms. The highest BCUT2D eigenvalue weighted by molar-refractivity contribution is 6.08. The third kappa shape index (κ3) is 3.59. The molecule has 4 N–H and O–H groups in total. The molecule has 0 heterocycles. The fourth-order valence-corrected chi connectivity index (χ4v) is 8.71. The molecule has 0 saturated heterocycles. The summed E-state index contributed by atoms with van der Waals surface area (Å²) in [5.74, 6) is -3.88. The molecule has 0 radical (unpaired) electrons. The predicted molar refractivity (Wildman–Crippen MR) is 139 cm³/mol. The van der Waals surface area contributed by atoms with Crippen molar-refractivity contribution in [3.63, 3.8) is 0 Å². The minimum absolute atomic E-state index is 0.00468. The first kappa shape index (κ1) is 28.8. The number of rotatable bonds is 5. The number of carboxylic acid groups (broad SMARTS) is 1. The van der Waals surface area contributed by atoms with Crippen molar-refractivity contribution in [3.8, 4) is 0 Å². The van der Waals surface area contributed by atoms with E-state index in [4.69, 9.17) is 5.11 Å². The number of carbonyl (C=O) groups excluding carboxylic acids is 3. The van der Waals surface area contributed by atoms with Crippen LogP contribution in [0.2, 0.25) is 0 Å². The van der Waals surface area contributed by atoms with Crippen LogP contribution in [0.1, 0.15) is 80.6 Å². The zero-order chi connectivity index (χ0) is 28.7. The van der Waals surface area contributed by atoms with Crippen molar-refractivity contribution in [1.29, 1.82) is 0 Å². The van der Waals surface area contributed by atoms with Gasteiger partial charge in [-0.1, -0.05) is 40.2 Å². The number of hydrogen-bond donors (Lipinski definition) is 4. The van der Waals surface area contributed by atoms with E-state index in [1.807, 2.05) is 20.8 Å². The van der Waals surface area contributed by atoms with Crippen molar-refractivity contribution in [1.82, 2.24) is 0 Å². The van der Waals surface area contributed by atoms with Gasteiger partial charge in [-0.3, -0.25) is 19.2 Å². The summed E-state index contributed by atoms with van der Waals surface area (Å²) in [5.41, 5.74) is -2.67. The van der Waals surface area contributed by atoms with E-state index in [0.717, 1.165) is 0 Å². The number of fused-ring (bicyclic) bond motifs is 4. The number of allylic oxidation sites excluding steroid dienone is 2. The molecule has 4 aliphatic carbocycles. The standard InChI is InChI=1S/C30H42O8/c1-14(10-16(31)11-15(2)26(37)38)17-12-21(34)30(7)22-18(32)13-19-27(3,4)20(33)8-9-28(19,5)23(22)24(35)25(36)29(17,30)6/h10,15,17-20,25,32-33,36H,8-9,11-13H2,1-7H3,(H,37,38)/b14-10-/t15?,17-,18+,19+,20+,25-,28+,29+,30+/m0/s1. The van der Waals surface area contributed by atoms with Gasteiger partial charge in [0.2, 0.25) is 0 Å². The van der Waals surface area contributed by atoms with Gasteiger partial charge in [0.1, 0.15) is 11.9 Å². The molecule has 0 spiro atoms. The second-order valence-electron chi connectivity index (χ2n) is 13.5. The summed E-state index contributed by atoms with van der Waals surface area (Å²) in [6.07, 6.45) is -0.790. The molecule has 210 valence electrons. The van der Waals surface area contributed by atoms with Gasteiger partial charge in [-0.25, -0.2) is 0 Å². The number of aliphatic carboxylic acids is 1. The first-order chi connectivity index (χ1) is 17.4. The van der Waals surface area contributed by atoms with Gasteiger partial charge in [-0.15, -0.1) is 0 Å². The molecule has 4 aliphatic rings. The third-order valence-electron chi connectivity index (χ3n) is 11.3. The van der Waals surface area contributed by atoms with Crippen LogP contribution in [-0.4, -0.2) is 62.1 Å².